The Balaban J connectivity index is 2.12. The van der Waals surface area contributed by atoms with Crippen LogP contribution in [0, 0.1) is 0 Å². The van der Waals surface area contributed by atoms with Gasteiger partial charge in [-0.3, -0.25) is 0 Å². The van der Waals surface area contributed by atoms with Gasteiger partial charge in [0, 0.05) is 0 Å². The highest BCUT2D eigenvalue weighted by molar-refractivity contribution is 7.80. The molecule has 0 amide bonds. The maximum Gasteiger partial charge on any atom is 0.165 e. The summed E-state index contributed by atoms with van der Waals surface area (Å²) in [6, 6.07) is 17.6. The van der Waals surface area contributed by atoms with Gasteiger partial charge in [0.2, 0.25) is 0 Å². The number of para-hydroxylation sites is 1. The Morgan fingerprint density at radius 3 is 2.55 bits per heavy atom. The van der Waals surface area contributed by atoms with Gasteiger partial charge in [-0.15, -0.1) is 5.10 Å². The zero-order chi connectivity index (χ0) is 13.9. The smallest absolute Gasteiger partial charge is 0.165 e. The summed E-state index contributed by atoms with van der Waals surface area (Å²) in [5.41, 5.74) is 8.40. The summed E-state index contributed by atoms with van der Waals surface area (Å²) < 4.78 is 1.78. The van der Waals surface area contributed by atoms with E-state index in [-0.39, 0.29) is 11.3 Å². The van der Waals surface area contributed by atoms with Crippen LogP contribution in [-0.4, -0.2) is 20.1 Å². The van der Waals surface area contributed by atoms with Crippen molar-refractivity contribution in [1.29, 1.82) is 0 Å². The highest BCUT2D eigenvalue weighted by atomic mass is 32.1. The van der Waals surface area contributed by atoms with Gasteiger partial charge in [-0.05, 0) is 29.9 Å². The molecule has 1 aromatic heterocycles. The van der Waals surface area contributed by atoms with Crippen LogP contribution in [0.4, 0.5) is 0 Å². The minimum absolute atomic E-state index is 0.221. The molecule has 3 rings (SSSR count). The molecule has 0 spiro atoms. The van der Waals surface area contributed by atoms with Crippen LogP contribution in [-0.2, 0) is 0 Å². The first kappa shape index (κ1) is 12.6. The Morgan fingerprint density at radius 2 is 1.80 bits per heavy atom. The number of nitrogens with two attached hydrogens (primary N) is 1. The van der Waals surface area contributed by atoms with E-state index in [1.807, 2.05) is 54.6 Å². The van der Waals surface area contributed by atoms with Crippen LogP contribution >= 0.6 is 12.2 Å². The third-order valence-corrected chi connectivity index (χ3v) is 3.13. The number of aromatic nitrogens is 3. The van der Waals surface area contributed by atoms with Crippen LogP contribution in [0.5, 0.6) is 0 Å². The summed E-state index contributed by atoms with van der Waals surface area (Å²) in [4.78, 5) is 0. The SMILES string of the molecule is NC(=S)N[C@H](c1ccccc1)n1nnc2ccccc21. The fraction of sp³-hybridized carbons (Fsp3) is 0.0714. The molecular weight excluding hydrogens is 270 g/mol. The third kappa shape index (κ3) is 2.33. The van der Waals surface area contributed by atoms with Gasteiger partial charge in [0.25, 0.3) is 0 Å². The van der Waals surface area contributed by atoms with Crippen LogP contribution < -0.4 is 11.1 Å². The van der Waals surface area contributed by atoms with E-state index in [1.54, 1.807) is 4.68 Å². The van der Waals surface area contributed by atoms with Crippen LogP contribution in [0.2, 0.25) is 0 Å². The number of benzene rings is 2. The molecule has 5 nitrogen and oxygen atoms in total. The third-order valence-electron chi connectivity index (χ3n) is 3.02. The number of hydrogen-bond donors (Lipinski definition) is 2. The minimum atomic E-state index is -0.277. The summed E-state index contributed by atoms with van der Waals surface area (Å²) in [6.07, 6.45) is -0.277. The molecule has 6 heteroatoms. The first-order chi connectivity index (χ1) is 9.75. The molecule has 0 unspecified atom stereocenters. The summed E-state index contributed by atoms with van der Waals surface area (Å²) in [5.74, 6) is 0. The Morgan fingerprint density at radius 1 is 1.10 bits per heavy atom. The number of hydrogen-bond acceptors (Lipinski definition) is 3. The largest absolute Gasteiger partial charge is 0.376 e. The summed E-state index contributed by atoms with van der Waals surface area (Å²) >= 11 is 4.97. The van der Waals surface area contributed by atoms with E-state index in [4.69, 9.17) is 18.0 Å². The fourth-order valence-corrected chi connectivity index (χ4v) is 2.25. The average molecular weight is 283 g/mol. The maximum atomic E-state index is 5.64. The number of nitrogens with one attached hydrogen (secondary N) is 1. The lowest BCUT2D eigenvalue weighted by Gasteiger charge is -2.19. The second-order valence-corrected chi connectivity index (χ2v) is 4.78. The van der Waals surface area contributed by atoms with Gasteiger partial charge in [-0.2, -0.15) is 0 Å². The van der Waals surface area contributed by atoms with Gasteiger partial charge in [0.05, 0.1) is 5.52 Å². The molecule has 2 aromatic carbocycles. The standard InChI is InChI=1S/C14H13N5S/c15-14(20)16-13(10-6-2-1-3-7-10)19-12-9-5-4-8-11(12)17-18-19/h1-9,13H,(H3,15,16,20)/t13-/m0/s1. The first-order valence-electron chi connectivity index (χ1n) is 6.16. The normalized spacial score (nSPS) is 12.2. The van der Waals surface area contributed by atoms with Crippen LogP contribution in [0.25, 0.3) is 11.0 Å². The van der Waals surface area contributed by atoms with Crippen molar-refractivity contribution in [3.8, 4) is 0 Å². The van der Waals surface area contributed by atoms with E-state index in [0.717, 1.165) is 16.6 Å². The van der Waals surface area contributed by atoms with E-state index in [0.29, 0.717) is 0 Å². The molecule has 0 radical (unpaired) electrons. The second-order valence-electron chi connectivity index (χ2n) is 4.34. The van der Waals surface area contributed by atoms with Crippen molar-refractivity contribution in [2.45, 2.75) is 6.17 Å². The Bertz CT molecular complexity index is 737. The predicted octanol–water partition coefficient (Wildman–Crippen LogP) is 1.81. The monoisotopic (exact) mass is 283 g/mol. The van der Waals surface area contributed by atoms with Gasteiger partial charge in [-0.25, -0.2) is 4.68 Å². The minimum Gasteiger partial charge on any atom is -0.376 e. The lowest BCUT2D eigenvalue weighted by Crippen LogP contribution is -2.37. The van der Waals surface area contributed by atoms with Crippen molar-refractivity contribution < 1.29 is 0 Å². The first-order valence-corrected chi connectivity index (χ1v) is 6.57. The van der Waals surface area contributed by atoms with Gasteiger partial charge >= 0.3 is 0 Å². The predicted molar refractivity (Wildman–Crippen MR) is 82.0 cm³/mol. The number of nitrogens with zero attached hydrogens (tertiary/aromatic N) is 3. The van der Waals surface area contributed by atoms with E-state index < -0.39 is 0 Å². The van der Waals surface area contributed by atoms with Gasteiger partial charge < -0.3 is 11.1 Å². The molecule has 20 heavy (non-hydrogen) atoms. The molecule has 1 heterocycles. The molecule has 100 valence electrons. The number of rotatable bonds is 3. The molecule has 0 aliphatic heterocycles. The second kappa shape index (κ2) is 5.26. The molecule has 0 bridgehead atoms. The Hall–Kier alpha value is -2.47. The fourth-order valence-electron chi connectivity index (χ4n) is 2.13. The van der Waals surface area contributed by atoms with E-state index >= 15 is 0 Å². The molecule has 0 saturated carbocycles. The Kier molecular flexibility index (Phi) is 3.30. The van der Waals surface area contributed by atoms with Crippen molar-refractivity contribution in [2.75, 3.05) is 0 Å². The molecule has 1 atom stereocenters. The molecule has 0 aliphatic rings. The summed E-state index contributed by atoms with van der Waals surface area (Å²) in [7, 11) is 0. The van der Waals surface area contributed by atoms with Crippen molar-refractivity contribution in [1.82, 2.24) is 20.3 Å². The van der Waals surface area contributed by atoms with E-state index in [1.165, 1.54) is 0 Å². The van der Waals surface area contributed by atoms with Crippen molar-refractivity contribution in [3.05, 3.63) is 60.2 Å². The van der Waals surface area contributed by atoms with Crippen molar-refractivity contribution >= 4 is 28.4 Å². The van der Waals surface area contributed by atoms with Gasteiger partial charge in [0.1, 0.15) is 5.52 Å². The van der Waals surface area contributed by atoms with Crippen molar-refractivity contribution in [2.24, 2.45) is 5.73 Å². The van der Waals surface area contributed by atoms with Crippen molar-refractivity contribution in [3.63, 3.8) is 0 Å². The zero-order valence-electron chi connectivity index (χ0n) is 10.6. The highest BCUT2D eigenvalue weighted by Gasteiger charge is 2.17. The molecular formula is C14H13N5S. The van der Waals surface area contributed by atoms with Gasteiger partial charge in [-0.1, -0.05) is 47.7 Å². The lowest BCUT2D eigenvalue weighted by atomic mass is 10.1. The molecule has 3 aromatic rings. The molecule has 0 fully saturated rings. The summed E-state index contributed by atoms with van der Waals surface area (Å²) in [5, 5.41) is 11.7. The zero-order valence-corrected chi connectivity index (χ0v) is 11.4. The van der Waals surface area contributed by atoms with Gasteiger partial charge in [0.15, 0.2) is 11.3 Å². The van der Waals surface area contributed by atoms with Crippen LogP contribution in [0.3, 0.4) is 0 Å². The molecule has 3 N–H and O–H groups in total. The maximum absolute atomic E-state index is 5.64. The molecule has 0 saturated heterocycles. The Labute approximate surface area is 121 Å². The average Bonchev–Trinajstić information content (AvgIpc) is 2.89. The van der Waals surface area contributed by atoms with Crippen LogP contribution in [0.1, 0.15) is 11.7 Å². The topological polar surface area (TPSA) is 68.8 Å². The number of thiocarbonyl (C=S) groups is 1. The van der Waals surface area contributed by atoms with Crippen LogP contribution in [0.15, 0.2) is 54.6 Å². The highest BCUT2D eigenvalue weighted by Crippen LogP contribution is 2.19. The number of fused-ring (bicyclic) bond motifs is 1. The lowest BCUT2D eigenvalue weighted by molar-refractivity contribution is 0.495. The summed E-state index contributed by atoms with van der Waals surface area (Å²) in [6.45, 7) is 0. The molecule has 0 aliphatic carbocycles. The van der Waals surface area contributed by atoms with E-state index in [2.05, 4.69) is 15.6 Å². The van der Waals surface area contributed by atoms with E-state index in [9.17, 15) is 0 Å². The quantitative estimate of drug-likeness (QED) is 0.718.